The molecule has 2 aromatic rings. The molecule has 0 aliphatic heterocycles. The van der Waals surface area contributed by atoms with Crippen LogP contribution in [0.1, 0.15) is 5.82 Å². The lowest BCUT2D eigenvalue weighted by molar-refractivity contribution is -0.392. The van der Waals surface area contributed by atoms with Gasteiger partial charge in [0.2, 0.25) is 15.7 Å². The van der Waals surface area contributed by atoms with Gasteiger partial charge in [-0.25, -0.2) is 23.0 Å². The summed E-state index contributed by atoms with van der Waals surface area (Å²) in [5.41, 5.74) is 0. The maximum atomic E-state index is 12.2. The van der Waals surface area contributed by atoms with Crippen LogP contribution in [0.15, 0.2) is 48.3 Å². The zero-order valence-corrected chi connectivity index (χ0v) is 11.7. The Balaban J connectivity index is 2.40. The second-order valence-electron chi connectivity index (χ2n) is 4.12. The first-order valence-corrected chi connectivity index (χ1v) is 7.54. The van der Waals surface area contributed by atoms with Gasteiger partial charge in [0, 0.05) is 6.20 Å². The van der Waals surface area contributed by atoms with Crippen LogP contribution < -0.4 is 0 Å². The molecule has 0 radical (unpaired) electrons. The topological polar surface area (TPSA) is 108 Å². The SMILES string of the molecule is C=CCn1c([N+](=O)[O-])cnc1CS(=O)(=O)c1ccccn1. The summed E-state index contributed by atoms with van der Waals surface area (Å²) in [4.78, 5) is 17.9. The van der Waals surface area contributed by atoms with Crippen molar-refractivity contribution in [2.24, 2.45) is 0 Å². The summed E-state index contributed by atoms with van der Waals surface area (Å²) in [5.74, 6) is -0.667. The molecule has 9 heteroatoms. The molecule has 21 heavy (non-hydrogen) atoms. The molecule has 0 amide bonds. The molecule has 0 atom stereocenters. The molecule has 0 unspecified atom stereocenters. The average molecular weight is 308 g/mol. The fourth-order valence-corrected chi connectivity index (χ4v) is 2.99. The van der Waals surface area contributed by atoms with Gasteiger partial charge in [0.05, 0.1) is 0 Å². The minimum atomic E-state index is -3.72. The second kappa shape index (κ2) is 5.83. The van der Waals surface area contributed by atoms with Gasteiger partial charge in [0.15, 0.2) is 5.03 Å². The van der Waals surface area contributed by atoms with Crippen molar-refractivity contribution >= 4 is 15.7 Å². The first-order chi connectivity index (χ1) is 9.95. The van der Waals surface area contributed by atoms with Gasteiger partial charge >= 0.3 is 5.82 Å². The van der Waals surface area contributed by atoms with E-state index in [1.165, 1.54) is 22.9 Å². The quantitative estimate of drug-likeness (QED) is 0.453. The smallest absolute Gasteiger partial charge is 0.343 e. The molecule has 0 fully saturated rings. The summed E-state index contributed by atoms with van der Waals surface area (Å²) in [7, 11) is -3.72. The van der Waals surface area contributed by atoms with Crippen LogP contribution in [-0.4, -0.2) is 27.9 Å². The Kier molecular flexibility index (Phi) is 4.13. The van der Waals surface area contributed by atoms with E-state index in [1.54, 1.807) is 12.1 Å². The van der Waals surface area contributed by atoms with Crippen LogP contribution in [0.2, 0.25) is 0 Å². The lowest BCUT2D eigenvalue weighted by Gasteiger charge is -2.03. The number of nitrogens with zero attached hydrogens (tertiary/aromatic N) is 4. The molecule has 2 rings (SSSR count). The summed E-state index contributed by atoms with van der Waals surface area (Å²) in [6.07, 6.45) is 3.84. The monoisotopic (exact) mass is 308 g/mol. The lowest BCUT2D eigenvalue weighted by Crippen LogP contribution is -2.13. The van der Waals surface area contributed by atoms with Crippen LogP contribution in [0.3, 0.4) is 0 Å². The summed E-state index contributed by atoms with van der Waals surface area (Å²) in [5, 5.41) is 10.8. The Morgan fingerprint density at radius 2 is 2.14 bits per heavy atom. The molecule has 0 saturated carbocycles. The molecule has 2 heterocycles. The van der Waals surface area contributed by atoms with Gasteiger partial charge in [-0.1, -0.05) is 18.7 Å². The molecule has 8 nitrogen and oxygen atoms in total. The lowest BCUT2D eigenvalue weighted by atomic mass is 10.5. The Labute approximate surface area is 120 Å². The molecular weight excluding hydrogens is 296 g/mol. The minimum Gasteiger partial charge on any atom is -0.358 e. The third-order valence-corrected chi connectivity index (χ3v) is 4.21. The Morgan fingerprint density at radius 3 is 2.71 bits per heavy atom. The van der Waals surface area contributed by atoms with E-state index in [-0.39, 0.29) is 23.2 Å². The van der Waals surface area contributed by atoms with Crippen molar-refractivity contribution in [1.82, 2.24) is 14.5 Å². The largest absolute Gasteiger partial charge is 0.358 e. The van der Waals surface area contributed by atoms with Gasteiger partial charge in [0.25, 0.3) is 0 Å². The first kappa shape index (κ1) is 14.9. The van der Waals surface area contributed by atoms with Gasteiger partial charge in [-0.2, -0.15) is 0 Å². The van der Waals surface area contributed by atoms with E-state index in [0.29, 0.717) is 0 Å². The van der Waals surface area contributed by atoms with Crippen LogP contribution in [0, 0.1) is 10.1 Å². The predicted molar refractivity (Wildman–Crippen MR) is 74.2 cm³/mol. The third-order valence-electron chi connectivity index (χ3n) is 2.69. The van der Waals surface area contributed by atoms with Crippen molar-refractivity contribution in [3.05, 3.63) is 59.2 Å². The van der Waals surface area contributed by atoms with E-state index in [0.717, 1.165) is 6.20 Å². The molecule has 0 aliphatic carbocycles. The van der Waals surface area contributed by atoms with Crippen molar-refractivity contribution in [2.45, 2.75) is 17.3 Å². The number of allylic oxidation sites excluding steroid dienone is 1. The molecule has 0 N–H and O–H groups in total. The van der Waals surface area contributed by atoms with Crippen LogP contribution in [-0.2, 0) is 22.1 Å². The minimum absolute atomic E-state index is 0.0762. The summed E-state index contributed by atoms with van der Waals surface area (Å²) in [6, 6.07) is 4.52. The Morgan fingerprint density at radius 1 is 1.38 bits per heavy atom. The van der Waals surface area contributed by atoms with E-state index < -0.39 is 20.5 Å². The molecule has 0 saturated heterocycles. The maximum Gasteiger partial charge on any atom is 0.343 e. The highest BCUT2D eigenvalue weighted by Crippen LogP contribution is 2.19. The predicted octanol–water partition coefficient (Wildman–Crippen LogP) is 1.35. The number of sulfone groups is 1. The van der Waals surface area contributed by atoms with Crippen LogP contribution >= 0.6 is 0 Å². The van der Waals surface area contributed by atoms with E-state index >= 15 is 0 Å². The molecule has 0 aliphatic rings. The zero-order valence-electron chi connectivity index (χ0n) is 10.9. The second-order valence-corrected chi connectivity index (χ2v) is 6.05. The number of aromatic nitrogens is 3. The highest BCUT2D eigenvalue weighted by atomic mass is 32.2. The molecule has 0 aromatic carbocycles. The van der Waals surface area contributed by atoms with E-state index in [9.17, 15) is 18.5 Å². The van der Waals surface area contributed by atoms with Gasteiger partial charge in [-0.15, -0.1) is 0 Å². The average Bonchev–Trinajstić information content (AvgIpc) is 2.83. The van der Waals surface area contributed by atoms with Crippen molar-refractivity contribution in [2.75, 3.05) is 0 Å². The van der Waals surface area contributed by atoms with E-state index in [4.69, 9.17) is 0 Å². The van der Waals surface area contributed by atoms with E-state index in [1.807, 2.05) is 0 Å². The Hall–Kier alpha value is -2.55. The van der Waals surface area contributed by atoms with Gasteiger partial charge in [0.1, 0.15) is 18.5 Å². The van der Waals surface area contributed by atoms with Crippen LogP contribution in [0.4, 0.5) is 5.82 Å². The molecule has 2 aromatic heterocycles. The molecule has 0 spiro atoms. The van der Waals surface area contributed by atoms with E-state index in [2.05, 4.69) is 16.5 Å². The summed E-state index contributed by atoms with van der Waals surface area (Å²) in [6.45, 7) is 3.60. The first-order valence-electron chi connectivity index (χ1n) is 5.89. The van der Waals surface area contributed by atoms with Gasteiger partial charge in [-0.05, 0) is 17.1 Å². The number of hydrogen-bond acceptors (Lipinski definition) is 6. The number of pyridine rings is 1. The molecule has 0 bridgehead atoms. The summed E-state index contributed by atoms with van der Waals surface area (Å²) >= 11 is 0. The molecular formula is C12H12N4O4S. The fourth-order valence-electron chi connectivity index (χ4n) is 1.77. The highest BCUT2D eigenvalue weighted by Gasteiger charge is 2.26. The van der Waals surface area contributed by atoms with Crippen molar-refractivity contribution in [3.63, 3.8) is 0 Å². The number of hydrogen-bond donors (Lipinski definition) is 0. The van der Waals surface area contributed by atoms with Crippen molar-refractivity contribution in [1.29, 1.82) is 0 Å². The fraction of sp³-hybridized carbons (Fsp3) is 0.167. The zero-order chi connectivity index (χ0) is 15.5. The highest BCUT2D eigenvalue weighted by molar-refractivity contribution is 7.90. The summed E-state index contributed by atoms with van der Waals surface area (Å²) < 4.78 is 25.7. The van der Waals surface area contributed by atoms with Crippen LogP contribution in [0.25, 0.3) is 0 Å². The Bertz CT molecular complexity index is 768. The number of rotatable bonds is 6. The number of imidazole rings is 1. The van der Waals surface area contributed by atoms with Gasteiger partial charge < -0.3 is 10.1 Å². The standard InChI is InChI=1S/C12H12N4O4S/c1-2-7-15-10(14-8-12(15)16(17)18)9-21(19,20)11-5-3-4-6-13-11/h2-6,8H,1,7,9H2. The van der Waals surface area contributed by atoms with Crippen molar-refractivity contribution in [3.8, 4) is 0 Å². The van der Waals surface area contributed by atoms with Crippen molar-refractivity contribution < 1.29 is 13.3 Å². The molecule has 110 valence electrons. The maximum absolute atomic E-state index is 12.2. The number of nitro groups is 1. The normalized spacial score (nSPS) is 11.2. The third kappa shape index (κ3) is 3.14. The van der Waals surface area contributed by atoms with Gasteiger partial charge in [-0.3, -0.25) is 0 Å². The van der Waals surface area contributed by atoms with Crippen LogP contribution in [0.5, 0.6) is 0 Å².